The molecule has 0 aliphatic heterocycles. The van der Waals surface area contributed by atoms with Gasteiger partial charge in [-0.2, -0.15) is 0 Å². The number of fused-ring (bicyclic) bond motifs is 2. The van der Waals surface area contributed by atoms with Gasteiger partial charge in [0.25, 0.3) is 0 Å². The van der Waals surface area contributed by atoms with Crippen molar-refractivity contribution < 1.29 is 0 Å². The van der Waals surface area contributed by atoms with Gasteiger partial charge >= 0.3 is 114 Å². The number of rotatable bonds is 1. The molecule has 2 heterocycles. The summed E-state index contributed by atoms with van der Waals surface area (Å²) in [5, 5.41) is 9.08. The third-order valence-electron chi connectivity index (χ3n) is 3.13. The molecule has 0 atom stereocenters. The molecule has 2 aromatic carbocycles. The fraction of sp³-hybridized carbons (Fsp3) is 0. The van der Waals surface area contributed by atoms with Gasteiger partial charge in [-0.15, -0.1) is 0 Å². The Labute approximate surface area is 114 Å². The Morgan fingerprint density at radius 1 is 1.00 bits per heavy atom. The second-order valence-corrected chi connectivity index (χ2v) is 6.35. The maximum absolute atomic E-state index is 12.4. The van der Waals surface area contributed by atoms with E-state index in [0.717, 1.165) is 26.4 Å². The molecule has 5 heteroatoms. The van der Waals surface area contributed by atoms with Gasteiger partial charge in [-0.1, -0.05) is 0 Å². The van der Waals surface area contributed by atoms with Crippen molar-refractivity contribution in [3.8, 4) is 5.82 Å². The van der Waals surface area contributed by atoms with Crippen LogP contribution in [-0.4, -0.2) is 28.5 Å². The Balaban J connectivity index is 2.10. The van der Waals surface area contributed by atoms with E-state index in [2.05, 4.69) is 10.2 Å². The fourth-order valence-electron chi connectivity index (χ4n) is 2.22. The summed E-state index contributed by atoms with van der Waals surface area (Å²) in [6.07, 6.45) is 0. The Morgan fingerprint density at radius 2 is 1.74 bits per heavy atom. The molecule has 92 valence electrons. The van der Waals surface area contributed by atoms with Crippen molar-refractivity contribution in [2.45, 2.75) is 0 Å². The van der Waals surface area contributed by atoms with Crippen LogP contribution < -0.4 is 5.56 Å². The number of H-pyrrole nitrogens is 1. The average molecular weight is 314 g/mol. The van der Waals surface area contributed by atoms with Gasteiger partial charge in [0.2, 0.25) is 0 Å². The fourth-order valence-corrected chi connectivity index (χ4v) is 4.31. The average Bonchev–Trinajstić information content (AvgIpc) is 3.01. The minimum absolute atomic E-state index is 0.0361. The standard InChI is InChI=1S/C14H9N3OSe/c18-14-10-6-2-4-8-12(10)19-17(14)13-9-5-1-3-7-11(9)15-16-13/h1-8H,(H,15,16). The number of hydrogen-bond acceptors (Lipinski definition) is 2. The predicted molar refractivity (Wildman–Crippen MR) is 76.1 cm³/mol. The molecular formula is C14H9N3OSe. The van der Waals surface area contributed by atoms with Crippen LogP contribution in [0.3, 0.4) is 0 Å². The molecule has 0 saturated heterocycles. The van der Waals surface area contributed by atoms with E-state index in [1.165, 1.54) is 0 Å². The summed E-state index contributed by atoms with van der Waals surface area (Å²) >= 11 is -0.0361. The van der Waals surface area contributed by atoms with Crippen LogP contribution in [0.4, 0.5) is 0 Å². The molecule has 0 bridgehead atoms. The zero-order chi connectivity index (χ0) is 12.8. The Hall–Kier alpha value is -2.10. The molecule has 0 unspecified atom stereocenters. The molecule has 0 spiro atoms. The first-order valence-electron chi connectivity index (χ1n) is 5.89. The van der Waals surface area contributed by atoms with Crippen molar-refractivity contribution in [1.82, 2.24) is 13.8 Å². The van der Waals surface area contributed by atoms with Crippen LogP contribution in [0.15, 0.2) is 53.3 Å². The van der Waals surface area contributed by atoms with Crippen molar-refractivity contribution in [2.24, 2.45) is 0 Å². The van der Waals surface area contributed by atoms with Crippen LogP contribution in [0.5, 0.6) is 0 Å². The van der Waals surface area contributed by atoms with Crippen LogP contribution in [0.25, 0.3) is 26.4 Å². The van der Waals surface area contributed by atoms with Crippen molar-refractivity contribution in [2.75, 3.05) is 0 Å². The summed E-state index contributed by atoms with van der Waals surface area (Å²) < 4.78 is 2.91. The van der Waals surface area contributed by atoms with E-state index in [-0.39, 0.29) is 20.3 Å². The molecule has 0 radical (unpaired) electrons. The summed E-state index contributed by atoms with van der Waals surface area (Å²) in [4.78, 5) is 12.4. The molecule has 4 nitrogen and oxygen atoms in total. The summed E-state index contributed by atoms with van der Waals surface area (Å²) in [7, 11) is 0. The number of para-hydroxylation sites is 1. The zero-order valence-electron chi connectivity index (χ0n) is 9.83. The third-order valence-corrected chi connectivity index (χ3v) is 5.39. The molecule has 19 heavy (non-hydrogen) atoms. The Morgan fingerprint density at radius 3 is 2.58 bits per heavy atom. The topological polar surface area (TPSA) is 50.7 Å². The molecule has 2 aromatic heterocycles. The first-order valence-corrected chi connectivity index (χ1v) is 7.51. The normalized spacial score (nSPS) is 11.4. The van der Waals surface area contributed by atoms with Crippen molar-refractivity contribution in [3.63, 3.8) is 0 Å². The molecule has 0 aliphatic carbocycles. The number of aromatic nitrogens is 3. The van der Waals surface area contributed by atoms with Gasteiger partial charge < -0.3 is 0 Å². The number of aromatic amines is 1. The molecule has 1 N–H and O–H groups in total. The molecule has 4 aromatic rings. The summed E-state index contributed by atoms with van der Waals surface area (Å²) in [6.45, 7) is 0. The Kier molecular flexibility index (Phi) is 2.24. The van der Waals surface area contributed by atoms with E-state index in [4.69, 9.17) is 0 Å². The van der Waals surface area contributed by atoms with Gasteiger partial charge in [0.1, 0.15) is 0 Å². The Bertz CT molecular complexity index is 948. The SMILES string of the molecule is O=c1c2ccccc2[se]n1-c1n[nH]c2ccccc12. The van der Waals surface area contributed by atoms with Crippen molar-refractivity contribution in [3.05, 3.63) is 58.9 Å². The summed E-state index contributed by atoms with van der Waals surface area (Å²) in [5.74, 6) is 0.733. The molecule has 0 amide bonds. The van der Waals surface area contributed by atoms with E-state index in [1.807, 2.05) is 48.5 Å². The molecular weight excluding hydrogens is 305 g/mol. The van der Waals surface area contributed by atoms with Gasteiger partial charge in [-0.25, -0.2) is 0 Å². The minimum atomic E-state index is -0.0361. The van der Waals surface area contributed by atoms with Gasteiger partial charge in [-0.3, -0.25) is 0 Å². The van der Waals surface area contributed by atoms with E-state index in [9.17, 15) is 4.79 Å². The number of benzene rings is 2. The predicted octanol–water partition coefficient (Wildman–Crippen LogP) is 1.92. The summed E-state index contributed by atoms with van der Waals surface area (Å²) in [5.41, 5.74) is 1.00. The van der Waals surface area contributed by atoms with Crippen LogP contribution >= 0.6 is 0 Å². The second-order valence-electron chi connectivity index (χ2n) is 4.28. The molecule has 4 rings (SSSR count). The number of nitrogens with one attached hydrogen (secondary N) is 1. The summed E-state index contributed by atoms with van der Waals surface area (Å²) in [6, 6.07) is 15.6. The van der Waals surface area contributed by atoms with Gasteiger partial charge in [0.15, 0.2) is 0 Å². The number of hydrogen-bond donors (Lipinski definition) is 1. The van der Waals surface area contributed by atoms with E-state index >= 15 is 0 Å². The quantitative estimate of drug-likeness (QED) is 0.546. The van der Waals surface area contributed by atoms with Gasteiger partial charge in [0.05, 0.1) is 0 Å². The van der Waals surface area contributed by atoms with Crippen LogP contribution in [0, 0.1) is 0 Å². The zero-order valence-corrected chi connectivity index (χ0v) is 11.5. The first kappa shape index (κ1) is 10.8. The maximum atomic E-state index is 12.4. The number of nitrogens with zero attached hydrogens (tertiary/aromatic N) is 2. The van der Waals surface area contributed by atoms with Crippen molar-refractivity contribution >= 4 is 35.3 Å². The second kappa shape index (κ2) is 3.95. The van der Waals surface area contributed by atoms with Gasteiger partial charge in [0, 0.05) is 0 Å². The van der Waals surface area contributed by atoms with Crippen LogP contribution in [0.1, 0.15) is 0 Å². The van der Waals surface area contributed by atoms with E-state index in [1.54, 1.807) is 3.56 Å². The van der Waals surface area contributed by atoms with Crippen LogP contribution in [-0.2, 0) is 0 Å². The van der Waals surface area contributed by atoms with Crippen molar-refractivity contribution in [1.29, 1.82) is 0 Å². The molecule has 0 aliphatic rings. The first-order chi connectivity index (χ1) is 9.34. The molecule has 0 fully saturated rings. The third kappa shape index (κ3) is 1.52. The van der Waals surface area contributed by atoms with E-state index < -0.39 is 0 Å². The van der Waals surface area contributed by atoms with Crippen LogP contribution in [0.2, 0.25) is 0 Å². The molecule has 0 saturated carbocycles. The monoisotopic (exact) mass is 315 g/mol. The van der Waals surface area contributed by atoms with E-state index in [0.29, 0.717) is 0 Å². The van der Waals surface area contributed by atoms with Gasteiger partial charge in [-0.05, 0) is 0 Å².